The van der Waals surface area contributed by atoms with Gasteiger partial charge in [0, 0.05) is 15.9 Å². The van der Waals surface area contributed by atoms with Crippen LogP contribution in [0.3, 0.4) is 0 Å². The first kappa shape index (κ1) is 13.0. The molecule has 2 N–H and O–H groups in total. The van der Waals surface area contributed by atoms with E-state index in [1.807, 2.05) is 12.1 Å². The highest BCUT2D eigenvalue weighted by Gasteiger charge is 2.25. The first-order valence-corrected chi connectivity index (χ1v) is 5.82. The van der Waals surface area contributed by atoms with E-state index in [9.17, 15) is 10.2 Å². The van der Waals surface area contributed by atoms with Gasteiger partial charge in [0.05, 0.1) is 11.7 Å². The Morgan fingerprint density at radius 1 is 1.47 bits per heavy atom. The number of hydrogen-bond acceptors (Lipinski definition) is 2. The zero-order chi connectivity index (χ0) is 11.6. The molecule has 1 rings (SSSR count). The largest absolute Gasteiger partial charge is 0.390 e. The van der Waals surface area contributed by atoms with Gasteiger partial charge in [0.25, 0.3) is 0 Å². The van der Waals surface area contributed by atoms with E-state index >= 15 is 0 Å². The molecule has 15 heavy (non-hydrogen) atoms. The van der Waals surface area contributed by atoms with Crippen LogP contribution in [0.25, 0.3) is 0 Å². The van der Waals surface area contributed by atoms with Gasteiger partial charge >= 0.3 is 0 Å². The van der Waals surface area contributed by atoms with Crippen LogP contribution in [-0.2, 0) is 6.42 Å². The summed E-state index contributed by atoms with van der Waals surface area (Å²) in [5.74, 6) is 0. The summed E-state index contributed by atoms with van der Waals surface area (Å²) in [4.78, 5) is 0. The van der Waals surface area contributed by atoms with Crippen molar-refractivity contribution in [3.63, 3.8) is 0 Å². The molecule has 4 heteroatoms. The molecular formula is C11H14BrClO2. The van der Waals surface area contributed by atoms with E-state index in [2.05, 4.69) is 15.9 Å². The average Bonchev–Trinajstić information content (AvgIpc) is 2.08. The standard InChI is InChI=1S/C11H14BrClO2/c1-11(2,15)10(14)5-7-3-4-8(12)6-9(7)13/h3-4,6,10,14-15H,5H2,1-2H3. The lowest BCUT2D eigenvalue weighted by Gasteiger charge is -2.24. The minimum Gasteiger partial charge on any atom is -0.390 e. The predicted molar refractivity (Wildman–Crippen MR) is 65.2 cm³/mol. The van der Waals surface area contributed by atoms with Gasteiger partial charge in [0.1, 0.15) is 0 Å². The van der Waals surface area contributed by atoms with E-state index in [1.54, 1.807) is 19.9 Å². The van der Waals surface area contributed by atoms with Gasteiger partial charge in [-0.1, -0.05) is 33.6 Å². The van der Waals surface area contributed by atoms with Gasteiger partial charge in [-0.3, -0.25) is 0 Å². The van der Waals surface area contributed by atoms with Crippen LogP contribution in [0.4, 0.5) is 0 Å². The molecule has 0 bridgehead atoms. The third kappa shape index (κ3) is 3.76. The number of rotatable bonds is 3. The summed E-state index contributed by atoms with van der Waals surface area (Å²) < 4.78 is 0.897. The van der Waals surface area contributed by atoms with Gasteiger partial charge < -0.3 is 10.2 Å². The van der Waals surface area contributed by atoms with Gasteiger partial charge in [-0.25, -0.2) is 0 Å². The van der Waals surface area contributed by atoms with E-state index in [-0.39, 0.29) is 0 Å². The van der Waals surface area contributed by atoms with Crippen molar-refractivity contribution in [2.24, 2.45) is 0 Å². The summed E-state index contributed by atoms with van der Waals surface area (Å²) in [6.07, 6.45) is -0.480. The van der Waals surface area contributed by atoms with Crippen molar-refractivity contribution in [3.05, 3.63) is 33.3 Å². The fraction of sp³-hybridized carbons (Fsp3) is 0.455. The van der Waals surface area contributed by atoms with Crippen molar-refractivity contribution in [2.45, 2.75) is 32.0 Å². The molecule has 1 aromatic carbocycles. The highest BCUT2D eigenvalue weighted by Crippen LogP contribution is 2.24. The maximum absolute atomic E-state index is 9.71. The lowest BCUT2D eigenvalue weighted by atomic mass is 9.95. The van der Waals surface area contributed by atoms with E-state index in [0.717, 1.165) is 10.0 Å². The molecule has 0 saturated carbocycles. The molecule has 0 aromatic heterocycles. The van der Waals surface area contributed by atoms with Crippen LogP contribution in [0.15, 0.2) is 22.7 Å². The Morgan fingerprint density at radius 2 is 2.07 bits per heavy atom. The molecule has 2 nitrogen and oxygen atoms in total. The van der Waals surface area contributed by atoms with Crippen molar-refractivity contribution < 1.29 is 10.2 Å². The molecule has 0 aliphatic heterocycles. The predicted octanol–water partition coefficient (Wildman–Crippen LogP) is 2.78. The lowest BCUT2D eigenvalue weighted by Crippen LogP contribution is -2.37. The second-order valence-corrected chi connectivity index (χ2v) is 5.43. The molecule has 0 radical (unpaired) electrons. The minimum atomic E-state index is -1.11. The van der Waals surface area contributed by atoms with E-state index < -0.39 is 11.7 Å². The summed E-state index contributed by atoms with van der Waals surface area (Å²) >= 11 is 9.31. The molecule has 1 unspecified atom stereocenters. The topological polar surface area (TPSA) is 40.5 Å². The van der Waals surface area contributed by atoms with Crippen molar-refractivity contribution in [3.8, 4) is 0 Å². The molecule has 0 aliphatic carbocycles. The first-order valence-electron chi connectivity index (χ1n) is 4.65. The summed E-state index contributed by atoms with van der Waals surface area (Å²) in [7, 11) is 0. The van der Waals surface area contributed by atoms with Crippen LogP contribution in [0.5, 0.6) is 0 Å². The Labute approximate surface area is 103 Å². The molecule has 84 valence electrons. The number of aliphatic hydroxyl groups excluding tert-OH is 1. The molecule has 1 aromatic rings. The lowest BCUT2D eigenvalue weighted by molar-refractivity contribution is -0.0469. The minimum absolute atomic E-state index is 0.343. The van der Waals surface area contributed by atoms with Gasteiger partial charge in [-0.05, 0) is 31.5 Å². The molecule has 0 amide bonds. The van der Waals surface area contributed by atoms with E-state index in [0.29, 0.717) is 11.4 Å². The van der Waals surface area contributed by atoms with E-state index in [4.69, 9.17) is 11.6 Å². The molecule has 0 aliphatic rings. The summed E-state index contributed by atoms with van der Waals surface area (Å²) in [5, 5.41) is 19.9. The summed E-state index contributed by atoms with van der Waals surface area (Å²) in [5.41, 5.74) is -0.286. The smallest absolute Gasteiger partial charge is 0.0862 e. The Kier molecular flexibility index (Phi) is 4.18. The maximum atomic E-state index is 9.71. The summed E-state index contributed by atoms with van der Waals surface area (Å²) in [6, 6.07) is 5.47. The number of hydrogen-bond donors (Lipinski definition) is 2. The average molecular weight is 294 g/mol. The Bertz CT molecular complexity index is 347. The zero-order valence-electron chi connectivity index (χ0n) is 8.67. The van der Waals surface area contributed by atoms with Gasteiger partial charge in [0.2, 0.25) is 0 Å². The van der Waals surface area contributed by atoms with Gasteiger partial charge in [-0.15, -0.1) is 0 Å². The molecule has 0 spiro atoms. The molecule has 0 fully saturated rings. The van der Waals surface area contributed by atoms with Crippen LogP contribution in [0.2, 0.25) is 5.02 Å². The Balaban J connectivity index is 2.82. The normalized spacial score (nSPS) is 14.0. The van der Waals surface area contributed by atoms with Crippen molar-refractivity contribution in [2.75, 3.05) is 0 Å². The number of benzene rings is 1. The first-order chi connectivity index (χ1) is 6.80. The molecule has 0 heterocycles. The van der Waals surface area contributed by atoms with Crippen LogP contribution in [-0.4, -0.2) is 21.9 Å². The van der Waals surface area contributed by atoms with Crippen LogP contribution < -0.4 is 0 Å². The quantitative estimate of drug-likeness (QED) is 0.899. The van der Waals surface area contributed by atoms with Crippen molar-refractivity contribution >= 4 is 27.5 Å². The zero-order valence-corrected chi connectivity index (χ0v) is 11.0. The highest BCUT2D eigenvalue weighted by molar-refractivity contribution is 9.10. The Morgan fingerprint density at radius 3 is 2.53 bits per heavy atom. The van der Waals surface area contributed by atoms with Gasteiger partial charge in [-0.2, -0.15) is 0 Å². The number of aliphatic hydroxyl groups is 2. The molecular weight excluding hydrogens is 279 g/mol. The van der Waals surface area contributed by atoms with Crippen molar-refractivity contribution in [1.82, 2.24) is 0 Å². The van der Waals surface area contributed by atoms with Gasteiger partial charge in [0.15, 0.2) is 0 Å². The van der Waals surface area contributed by atoms with Crippen LogP contribution >= 0.6 is 27.5 Å². The van der Waals surface area contributed by atoms with Crippen LogP contribution in [0.1, 0.15) is 19.4 Å². The van der Waals surface area contributed by atoms with Crippen LogP contribution in [0, 0.1) is 0 Å². The monoisotopic (exact) mass is 292 g/mol. The Hall–Kier alpha value is -0.0900. The highest BCUT2D eigenvalue weighted by atomic mass is 79.9. The molecule has 1 atom stereocenters. The van der Waals surface area contributed by atoms with Crippen molar-refractivity contribution in [1.29, 1.82) is 0 Å². The SMILES string of the molecule is CC(C)(O)C(O)Cc1ccc(Br)cc1Cl. The molecule has 0 saturated heterocycles. The third-order valence-corrected chi connectivity index (χ3v) is 3.09. The second kappa shape index (κ2) is 4.83. The van der Waals surface area contributed by atoms with E-state index in [1.165, 1.54) is 0 Å². The second-order valence-electron chi connectivity index (χ2n) is 4.11. The fourth-order valence-corrected chi connectivity index (χ4v) is 1.90. The fourth-order valence-electron chi connectivity index (χ4n) is 1.15. The number of halogens is 2. The summed E-state index contributed by atoms with van der Waals surface area (Å²) in [6.45, 7) is 3.15. The maximum Gasteiger partial charge on any atom is 0.0862 e. The third-order valence-electron chi connectivity index (χ3n) is 2.24.